The molecule has 0 aromatic carbocycles. The highest BCUT2D eigenvalue weighted by Crippen LogP contribution is 2.52. The van der Waals surface area contributed by atoms with Crippen molar-refractivity contribution in [3.8, 4) is 0 Å². The van der Waals surface area contributed by atoms with Gasteiger partial charge in [-0.15, -0.1) is 0 Å². The maximum Gasteiger partial charge on any atom is 0.222 e. The van der Waals surface area contributed by atoms with Gasteiger partial charge in [-0.2, -0.15) is 0 Å². The van der Waals surface area contributed by atoms with Crippen molar-refractivity contribution in [2.75, 3.05) is 0 Å². The van der Waals surface area contributed by atoms with E-state index >= 15 is 0 Å². The van der Waals surface area contributed by atoms with E-state index in [0.29, 0.717) is 42.2 Å². The summed E-state index contributed by atoms with van der Waals surface area (Å²) in [7, 11) is 0. The summed E-state index contributed by atoms with van der Waals surface area (Å²) in [6, 6.07) is 2.17. The number of nitrogens with two attached hydrogens (primary N) is 1. The number of nitrogens with one attached hydrogen (secondary N) is 3. The highest BCUT2D eigenvalue weighted by atomic mass is 16.5. The normalized spacial score (nSPS) is 43.2. The first-order chi connectivity index (χ1) is 28.2. The molecule has 0 amide bonds. The van der Waals surface area contributed by atoms with Gasteiger partial charge < -0.3 is 15.0 Å². The molecule has 3 heterocycles. The van der Waals surface area contributed by atoms with Gasteiger partial charge in [-0.3, -0.25) is 5.32 Å². The molecular formula is C51H80N5O+. The Morgan fingerprint density at radius 1 is 0.667 bits per heavy atom. The molecule has 314 valence electrons. The molecule has 6 fully saturated rings. The number of quaternary nitrogens is 1. The number of hydrogen-bond donors (Lipinski definition) is 4. The first-order valence-corrected chi connectivity index (χ1v) is 25.7. The van der Waals surface area contributed by atoms with E-state index in [1.807, 2.05) is 5.57 Å². The average molecular weight is 779 g/mol. The molecule has 11 rings (SSSR count). The third kappa shape index (κ3) is 7.58. The van der Waals surface area contributed by atoms with Crippen LogP contribution in [0.5, 0.6) is 0 Å². The van der Waals surface area contributed by atoms with E-state index in [9.17, 15) is 0 Å². The standard InChI is InChI=1S/C51H79N5O/c1-3-15-33(16-4-1)34-17-13-18-36(31-34)49-53-50(55-51(54-49)56-45-27-11-8-22-39(45)40-23-9-12-28-46(40)56)43-25-14-24-42-41-30-29-35(32-47(41)57-48(42)43)38-21-7-10-26-44(38)52-37-19-5-2-6-20-37/h18,29-30,33-35,37-39,41-42,44-45,47,49-55H,1-17,19-28,31-32H2/p+1. The van der Waals surface area contributed by atoms with Gasteiger partial charge in [-0.25, -0.2) is 10.6 Å². The van der Waals surface area contributed by atoms with Crippen molar-refractivity contribution in [1.82, 2.24) is 20.9 Å². The SMILES string of the molecule is C1=CC2C(CC1C1CCCCC1NC1CCCCC1)OC1=C(C3NC(C4=CCCC(C5CCCCC5)C4)NC(N4C5=C(CCCC5)C5CCCCC54)[NH2+]3)CCCC12. The van der Waals surface area contributed by atoms with E-state index in [0.717, 1.165) is 29.7 Å². The Morgan fingerprint density at radius 3 is 2.35 bits per heavy atom. The van der Waals surface area contributed by atoms with Crippen molar-refractivity contribution in [3.63, 3.8) is 0 Å². The van der Waals surface area contributed by atoms with Crippen molar-refractivity contribution in [2.45, 2.75) is 229 Å². The van der Waals surface area contributed by atoms with Crippen LogP contribution in [0.25, 0.3) is 0 Å². The fourth-order valence-corrected chi connectivity index (χ4v) is 15.7. The third-order valence-electron chi connectivity index (χ3n) is 18.5. The Balaban J connectivity index is 0.865. The molecule has 11 aliphatic rings. The van der Waals surface area contributed by atoms with Crippen LogP contribution in [0.4, 0.5) is 0 Å². The number of hydrogen-bond acceptors (Lipinski definition) is 5. The van der Waals surface area contributed by atoms with Gasteiger partial charge in [0.2, 0.25) is 6.29 Å². The lowest BCUT2D eigenvalue weighted by atomic mass is 9.68. The number of ether oxygens (including phenoxy) is 1. The molecule has 0 radical (unpaired) electrons. The summed E-state index contributed by atoms with van der Waals surface area (Å²) >= 11 is 0. The summed E-state index contributed by atoms with van der Waals surface area (Å²) in [5.74, 6) is 6.66. The third-order valence-corrected chi connectivity index (χ3v) is 18.5. The van der Waals surface area contributed by atoms with Crippen LogP contribution >= 0.6 is 0 Å². The molecule has 2 saturated heterocycles. The van der Waals surface area contributed by atoms with Crippen LogP contribution in [0.1, 0.15) is 186 Å². The van der Waals surface area contributed by atoms with Crippen LogP contribution in [-0.4, -0.2) is 47.8 Å². The maximum absolute atomic E-state index is 7.44. The zero-order valence-corrected chi connectivity index (χ0v) is 35.8. The smallest absolute Gasteiger partial charge is 0.222 e. The van der Waals surface area contributed by atoms with E-state index in [1.165, 1.54) is 192 Å². The second-order valence-electron chi connectivity index (χ2n) is 21.6. The summed E-state index contributed by atoms with van der Waals surface area (Å²) in [6.07, 6.45) is 49.5. The molecule has 5 N–H and O–H groups in total. The maximum atomic E-state index is 7.44. The second kappa shape index (κ2) is 17.0. The molecule has 4 saturated carbocycles. The topological polar surface area (TPSA) is 65.2 Å². The zero-order valence-electron chi connectivity index (χ0n) is 35.8. The van der Waals surface area contributed by atoms with Crippen molar-refractivity contribution >= 4 is 0 Å². The molecule has 8 aliphatic carbocycles. The predicted molar refractivity (Wildman–Crippen MR) is 230 cm³/mol. The van der Waals surface area contributed by atoms with Crippen molar-refractivity contribution in [2.24, 2.45) is 41.4 Å². The Labute approximate surface area is 346 Å². The molecule has 57 heavy (non-hydrogen) atoms. The van der Waals surface area contributed by atoms with Gasteiger partial charge in [0, 0.05) is 47.1 Å². The van der Waals surface area contributed by atoms with Crippen molar-refractivity contribution in [1.29, 1.82) is 0 Å². The molecule has 0 spiro atoms. The monoisotopic (exact) mass is 779 g/mol. The summed E-state index contributed by atoms with van der Waals surface area (Å²) < 4.78 is 7.44. The van der Waals surface area contributed by atoms with E-state index in [4.69, 9.17) is 4.74 Å². The minimum atomic E-state index is 0.257. The van der Waals surface area contributed by atoms with Crippen LogP contribution in [-0.2, 0) is 4.74 Å². The summed E-state index contributed by atoms with van der Waals surface area (Å²) in [5, 5.41) is 15.8. The average Bonchev–Trinajstić information content (AvgIpc) is 3.83. The summed E-state index contributed by atoms with van der Waals surface area (Å²) in [4.78, 5) is 3.01. The Bertz CT molecular complexity index is 1550. The van der Waals surface area contributed by atoms with Crippen LogP contribution < -0.4 is 21.3 Å². The molecule has 3 aliphatic heterocycles. The molecular weight excluding hydrogens is 699 g/mol. The van der Waals surface area contributed by atoms with Gasteiger partial charge in [0.25, 0.3) is 0 Å². The molecule has 6 heteroatoms. The quantitative estimate of drug-likeness (QED) is 0.194. The van der Waals surface area contributed by atoms with Gasteiger partial charge in [0.15, 0.2) is 6.17 Å². The minimum absolute atomic E-state index is 0.257. The van der Waals surface area contributed by atoms with E-state index in [-0.39, 0.29) is 12.3 Å². The van der Waals surface area contributed by atoms with Gasteiger partial charge in [0.1, 0.15) is 11.9 Å². The first kappa shape index (κ1) is 38.3. The highest BCUT2D eigenvalue weighted by Gasteiger charge is 2.52. The number of rotatable bonds is 7. The van der Waals surface area contributed by atoms with Crippen molar-refractivity contribution < 1.29 is 10.1 Å². The van der Waals surface area contributed by atoms with Crippen molar-refractivity contribution in [3.05, 3.63) is 46.4 Å². The molecule has 12 atom stereocenters. The zero-order chi connectivity index (χ0) is 37.7. The first-order valence-electron chi connectivity index (χ1n) is 25.7. The lowest BCUT2D eigenvalue weighted by Crippen LogP contribution is -3.07. The summed E-state index contributed by atoms with van der Waals surface area (Å²) in [5.41, 5.74) is 6.96. The number of nitrogens with zero attached hydrogens (tertiary/aromatic N) is 1. The van der Waals surface area contributed by atoms with Gasteiger partial charge in [-0.05, 0) is 144 Å². The minimum Gasteiger partial charge on any atom is -0.494 e. The second-order valence-corrected chi connectivity index (χ2v) is 21.6. The molecule has 12 unspecified atom stereocenters. The van der Waals surface area contributed by atoms with Crippen LogP contribution in [0.15, 0.2) is 46.4 Å². The Kier molecular flexibility index (Phi) is 11.5. The van der Waals surface area contributed by atoms with E-state index in [1.54, 1.807) is 16.8 Å². The highest BCUT2D eigenvalue weighted by molar-refractivity contribution is 5.31. The van der Waals surface area contributed by atoms with Crippen LogP contribution in [0, 0.1) is 41.4 Å². The van der Waals surface area contributed by atoms with Gasteiger partial charge >= 0.3 is 0 Å². The van der Waals surface area contributed by atoms with Crippen LogP contribution in [0.2, 0.25) is 0 Å². The fourth-order valence-electron chi connectivity index (χ4n) is 15.7. The van der Waals surface area contributed by atoms with Crippen LogP contribution in [0.3, 0.4) is 0 Å². The Hall–Kier alpha value is -1.60. The fraction of sp³-hybridized carbons (Fsp3) is 0.843. The predicted octanol–water partition coefficient (Wildman–Crippen LogP) is 9.81. The lowest BCUT2D eigenvalue weighted by molar-refractivity contribution is -0.752. The molecule has 0 bridgehead atoms. The molecule has 0 aromatic rings. The number of allylic oxidation sites excluding steroid dienone is 4. The van der Waals surface area contributed by atoms with Gasteiger partial charge in [-0.1, -0.05) is 95.3 Å². The number of fused-ring (bicyclic) bond motifs is 5. The molecule has 6 nitrogen and oxygen atoms in total. The Morgan fingerprint density at radius 2 is 1.44 bits per heavy atom. The lowest BCUT2D eigenvalue weighted by Gasteiger charge is -2.47. The van der Waals surface area contributed by atoms with Gasteiger partial charge in [0.05, 0.1) is 6.17 Å². The van der Waals surface area contributed by atoms with E-state index < -0.39 is 0 Å². The molecule has 0 aromatic heterocycles. The largest absolute Gasteiger partial charge is 0.494 e. The van der Waals surface area contributed by atoms with E-state index in [2.05, 4.69) is 44.4 Å². The summed E-state index contributed by atoms with van der Waals surface area (Å²) in [6.45, 7) is 0.